The number of anilines is 3. The zero-order valence-electron chi connectivity index (χ0n) is 26.4. The van der Waals surface area contributed by atoms with E-state index in [9.17, 15) is 0 Å². The fourth-order valence-electron chi connectivity index (χ4n) is 7.25. The van der Waals surface area contributed by atoms with Gasteiger partial charge in [-0.2, -0.15) is 0 Å². The van der Waals surface area contributed by atoms with Crippen LogP contribution in [0.3, 0.4) is 0 Å². The molecule has 0 aliphatic heterocycles. The van der Waals surface area contributed by atoms with Crippen LogP contribution < -0.4 is 4.90 Å². The van der Waals surface area contributed by atoms with Crippen molar-refractivity contribution in [1.82, 2.24) is 4.98 Å². The number of furan rings is 1. The standard InChI is InChI=1S/C45H28N2O2/c1-3-11-31(12-4-1)45-46-38-28-24-30-23-27-35-36(42(30)44(38)49-45)17-9-18-39(35)47(32-13-5-2-6-14-32)33-25-21-29(22-26-33)34-16-10-20-41-43(34)37-15-7-8-19-40(37)48-41/h1-28H. The van der Waals surface area contributed by atoms with E-state index in [1.54, 1.807) is 0 Å². The Labute approximate surface area is 282 Å². The lowest BCUT2D eigenvalue weighted by molar-refractivity contribution is 0.623. The molecule has 4 nitrogen and oxygen atoms in total. The van der Waals surface area contributed by atoms with Crippen molar-refractivity contribution >= 4 is 71.6 Å². The molecule has 10 aromatic rings. The fraction of sp³-hybridized carbons (Fsp3) is 0. The minimum Gasteiger partial charge on any atom is -0.456 e. The van der Waals surface area contributed by atoms with E-state index >= 15 is 0 Å². The first-order chi connectivity index (χ1) is 24.3. The van der Waals surface area contributed by atoms with Crippen LogP contribution in [0.5, 0.6) is 0 Å². The molecule has 2 heterocycles. The third-order valence-electron chi connectivity index (χ3n) is 9.49. The topological polar surface area (TPSA) is 42.4 Å². The lowest BCUT2D eigenvalue weighted by Gasteiger charge is -2.27. The lowest BCUT2D eigenvalue weighted by atomic mass is 9.98. The van der Waals surface area contributed by atoms with E-state index in [0.29, 0.717) is 5.89 Å². The molecular weight excluding hydrogens is 601 g/mol. The first-order valence-corrected chi connectivity index (χ1v) is 16.5. The number of aromatic nitrogens is 1. The summed E-state index contributed by atoms with van der Waals surface area (Å²) < 4.78 is 12.7. The van der Waals surface area contributed by atoms with Crippen molar-refractivity contribution in [3.05, 3.63) is 170 Å². The third kappa shape index (κ3) is 4.42. The summed E-state index contributed by atoms with van der Waals surface area (Å²) in [5.74, 6) is 0.626. The number of nitrogens with zero attached hydrogens (tertiary/aromatic N) is 2. The van der Waals surface area contributed by atoms with E-state index < -0.39 is 0 Å². The SMILES string of the molecule is c1ccc(-c2nc3ccc4ccc5c(N(c6ccccc6)c6ccc(-c7cccc8oc9ccccc9c78)cc6)cccc5c4c3o2)cc1. The maximum Gasteiger partial charge on any atom is 0.227 e. The number of hydrogen-bond acceptors (Lipinski definition) is 4. The van der Waals surface area contributed by atoms with Crippen LogP contribution in [0, 0.1) is 0 Å². The molecule has 0 aliphatic rings. The molecule has 49 heavy (non-hydrogen) atoms. The summed E-state index contributed by atoms with van der Waals surface area (Å²) >= 11 is 0. The van der Waals surface area contributed by atoms with Gasteiger partial charge >= 0.3 is 0 Å². The Balaban J connectivity index is 1.15. The highest BCUT2D eigenvalue weighted by molar-refractivity contribution is 6.20. The van der Waals surface area contributed by atoms with Gasteiger partial charge < -0.3 is 13.7 Å². The molecular formula is C45H28N2O2. The van der Waals surface area contributed by atoms with Gasteiger partial charge in [0.1, 0.15) is 16.7 Å². The second-order valence-electron chi connectivity index (χ2n) is 12.3. The van der Waals surface area contributed by atoms with Crippen molar-refractivity contribution in [2.24, 2.45) is 0 Å². The smallest absolute Gasteiger partial charge is 0.227 e. The monoisotopic (exact) mass is 628 g/mol. The number of rotatable bonds is 5. The molecule has 10 rings (SSSR count). The van der Waals surface area contributed by atoms with Crippen molar-refractivity contribution in [3.63, 3.8) is 0 Å². The molecule has 0 radical (unpaired) electrons. The van der Waals surface area contributed by atoms with E-state index in [1.807, 2.05) is 54.6 Å². The van der Waals surface area contributed by atoms with Gasteiger partial charge in [-0.3, -0.25) is 0 Å². The molecule has 230 valence electrons. The van der Waals surface area contributed by atoms with Crippen LogP contribution in [-0.4, -0.2) is 4.98 Å². The molecule has 0 saturated heterocycles. The normalized spacial score (nSPS) is 11.7. The fourth-order valence-corrected chi connectivity index (χ4v) is 7.25. The molecule has 0 unspecified atom stereocenters. The molecule has 0 aliphatic carbocycles. The van der Waals surface area contributed by atoms with Crippen LogP contribution in [0.2, 0.25) is 0 Å². The zero-order valence-corrected chi connectivity index (χ0v) is 26.4. The second kappa shape index (κ2) is 11.0. The van der Waals surface area contributed by atoms with Crippen molar-refractivity contribution in [2.45, 2.75) is 0 Å². The molecule has 2 aromatic heterocycles. The Morgan fingerprint density at radius 3 is 1.98 bits per heavy atom. The van der Waals surface area contributed by atoms with Crippen LogP contribution in [0.4, 0.5) is 17.1 Å². The van der Waals surface area contributed by atoms with Crippen LogP contribution >= 0.6 is 0 Å². The summed E-state index contributed by atoms with van der Waals surface area (Å²) in [6.45, 7) is 0. The highest BCUT2D eigenvalue weighted by Crippen LogP contribution is 2.43. The first-order valence-electron chi connectivity index (χ1n) is 16.5. The summed E-state index contributed by atoms with van der Waals surface area (Å²) in [6.07, 6.45) is 0. The Kier molecular flexibility index (Phi) is 6.15. The van der Waals surface area contributed by atoms with Crippen molar-refractivity contribution in [2.75, 3.05) is 4.90 Å². The quantitative estimate of drug-likeness (QED) is 0.178. The predicted octanol–water partition coefficient (Wildman–Crippen LogP) is 12.8. The van der Waals surface area contributed by atoms with Crippen molar-refractivity contribution in [3.8, 4) is 22.6 Å². The summed E-state index contributed by atoms with van der Waals surface area (Å²) in [5, 5.41) is 6.69. The van der Waals surface area contributed by atoms with Crippen LogP contribution in [0.15, 0.2) is 179 Å². The van der Waals surface area contributed by atoms with Gasteiger partial charge in [0, 0.05) is 38.5 Å². The first kappa shape index (κ1) is 27.5. The van der Waals surface area contributed by atoms with Crippen LogP contribution in [0.1, 0.15) is 0 Å². The Morgan fingerprint density at radius 1 is 0.429 bits per heavy atom. The Morgan fingerprint density at radius 2 is 1.12 bits per heavy atom. The summed E-state index contributed by atoms with van der Waals surface area (Å²) in [4.78, 5) is 7.21. The Hall–Kier alpha value is -6.65. The minimum absolute atomic E-state index is 0.626. The van der Waals surface area contributed by atoms with E-state index in [2.05, 4.69) is 120 Å². The lowest BCUT2D eigenvalue weighted by Crippen LogP contribution is -2.10. The van der Waals surface area contributed by atoms with Crippen LogP contribution in [-0.2, 0) is 0 Å². The summed E-state index contributed by atoms with van der Waals surface area (Å²) in [6, 6.07) is 59.2. The van der Waals surface area contributed by atoms with Gasteiger partial charge in [-0.25, -0.2) is 4.98 Å². The summed E-state index contributed by atoms with van der Waals surface area (Å²) in [5.41, 5.74) is 9.93. The molecule has 0 fully saturated rings. The van der Waals surface area contributed by atoms with Gasteiger partial charge in [0.05, 0.1) is 5.69 Å². The highest BCUT2D eigenvalue weighted by Gasteiger charge is 2.19. The number of fused-ring (bicyclic) bond motifs is 8. The third-order valence-corrected chi connectivity index (χ3v) is 9.49. The maximum atomic E-state index is 6.52. The molecule has 0 saturated carbocycles. The highest BCUT2D eigenvalue weighted by atomic mass is 16.3. The number of hydrogen-bond donors (Lipinski definition) is 0. The average Bonchev–Trinajstić information content (AvgIpc) is 3.78. The van der Waals surface area contributed by atoms with Gasteiger partial charge in [0.25, 0.3) is 0 Å². The Bertz CT molecular complexity index is 2820. The molecule has 0 atom stereocenters. The van der Waals surface area contributed by atoms with Gasteiger partial charge in [-0.05, 0) is 82.6 Å². The largest absolute Gasteiger partial charge is 0.456 e. The molecule has 0 amide bonds. The molecule has 0 N–H and O–H groups in total. The van der Waals surface area contributed by atoms with E-state index in [0.717, 1.165) is 88.3 Å². The van der Waals surface area contributed by atoms with E-state index in [1.165, 1.54) is 0 Å². The van der Waals surface area contributed by atoms with Crippen LogP contribution in [0.25, 0.3) is 77.2 Å². The molecule has 4 heteroatoms. The molecule has 8 aromatic carbocycles. The van der Waals surface area contributed by atoms with Crippen molar-refractivity contribution in [1.29, 1.82) is 0 Å². The zero-order chi connectivity index (χ0) is 32.3. The molecule has 0 bridgehead atoms. The number of para-hydroxylation sites is 2. The van der Waals surface area contributed by atoms with E-state index in [4.69, 9.17) is 13.8 Å². The number of benzene rings is 8. The van der Waals surface area contributed by atoms with Crippen molar-refractivity contribution < 1.29 is 8.83 Å². The van der Waals surface area contributed by atoms with Gasteiger partial charge in [-0.15, -0.1) is 0 Å². The maximum absolute atomic E-state index is 6.52. The number of oxazole rings is 1. The van der Waals surface area contributed by atoms with E-state index in [-0.39, 0.29) is 0 Å². The molecule has 0 spiro atoms. The second-order valence-corrected chi connectivity index (χ2v) is 12.3. The predicted molar refractivity (Wildman–Crippen MR) is 202 cm³/mol. The average molecular weight is 629 g/mol. The summed E-state index contributed by atoms with van der Waals surface area (Å²) in [7, 11) is 0. The van der Waals surface area contributed by atoms with Gasteiger partial charge in [0.15, 0.2) is 5.58 Å². The minimum atomic E-state index is 0.626. The van der Waals surface area contributed by atoms with Gasteiger partial charge in [-0.1, -0.05) is 109 Å². The van der Waals surface area contributed by atoms with Gasteiger partial charge in [0.2, 0.25) is 5.89 Å².